The average molecular weight is 315 g/mol. The van der Waals surface area contributed by atoms with E-state index in [9.17, 15) is 0 Å². The highest BCUT2D eigenvalue weighted by atomic mass is 79.9. The van der Waals surface area contributed by atoms with E-state index in [-0.39, 0.29) is 0 Å². The molecule has 0 spiro atoms. The Morgan fingerprint density at radius 1 is 1.16 bits per heavy atom. The highest BCUT2D eigenvalue weighted by Gasteiger charge is 2.03. The van der Waals surface area contributed by atoms with E-state index in [2.05, 4.69) is 75.6 Å². The Morgan fingerprint density at radius 3 is 2.89 bits per heavy atom. The molecular formula is C16H15BrN2. The molecule has 0 unspecified atom stereocenters. The highest BCUT2D eigenvalue weighted by molar-refractivity contribution is 9.10. The summed E-state index contributed by atoms with van der Waals surface area (Å²) >= 11 is 3.59. The van der Waals surface area contributed by atoms with Gasteiger partial charge in [-0.1, -0.05) is 18.2 Å². The minimum Gasteiger partial charge on any atom is -0.380 e. The molecule has 0 aliphatic rings. The molecule has 0 saturated heterocycles. The van der Waals surface area contributed by atoms with Gasteiger partial charge in [0, 0.05) is 33.8 Å². The number of fused-ring (bicyclic) bond motifs is 1. The Morgan fingerprint density at radius 2 is 2.05 bits per heavy atom. The second-order valence-corrected chi connectivity index (χ2v) is 5.55. The van der Waals surface area contributed by atoms with Crippen LogP contribution in [0.2, 0.25) is 0 Å². The molecule has 0 amide bonds. The van der Waals surface area contributed by atoms with Crippen molar-refractivity contribution in [3.63, 3.8) is 0 Å². The van der Waals surface area contributed by atoms with Crippen molar-refractivity contribution in [1.29, 1.82) is 0 Å². The van der Waals surface area contributed by atoms with Gasteiger partial charge >= 0.3 is 0 Å². The zero-order valence-electron chi connectivity index (χ0n) is 10.7. The Labute approximate surface area is 121 Å². The first kappa shape index (κ1) is 12.3. The maximum atomic E-state index is 3.59. The van der Waals surface area contributed by atoms with Crippen molar-refractivity contribution < 1.29 is 0 Å². The number of H-pyrrole nitrogens is 1. The molecule has 0 bridgehead atoms. The van der Waals surface area contributed by atoms with Gasteiger partial charge in [-0.05, 0) is 58.2 Å². The Kier molecular flexibility index (Phi) is 3.30. The van der Waals surface area contributed by atoms with Gasteiger partial charge in [0.05, 0.1) is 0 Å². The maximum Gasteiger partial charge on any atom is 0.0487 e. The number of aromatic amines is 1. The number of aryl methyl sites for hydroxylation is 1. The molecule has 1 aromatic heterocycles. The molecule has 96 valence electrons. The Balaban J connectivity index is 1.84. The molecule has 3 heteroatoms. The van der Waals surface area contributed by atoms with Gasteiger partial charge in [-0.2, -0.15) is 0 Å². The molecular weight excluding hydrogens is 300 g/mol. The second kappa shape index (κ2) is 5.10. The van der Waals surface area contributed by atoms with Gasteiger partial charge in [0.15, 0.2) is 0 Å². The van der Waals surface area contributed by atoms with E-state index < -0.39 is 0 Å². The highest BCUT2D eigenvalue weighted by Crippen LogP contribution is 2.25. The van der Waals surface area contributed by atoms with Crippen molar-refractivity contribution in [3.8, 4) is 0 Å². The summed E-state index contributed by atoms with van der Waals surface area (Å²) in [7, 11) is 0. The number of anilines is 1. The summed E-state index contributed by atoms with van der Waals surface area (Å²) in [6.07, 6.45) is 1.98. The third kappa shape index (κ3) is 2.51. The van der Waals surface area contributed by atoms with Crippen molar-refractivity contribution in [2.24, 2.45) is 0 Å². The van der Waals surface area contributed by atoms with Crippen LogP contribution in [0.25, 0.3) is 10.9 Å². The minimum atomic E-state index is 0.816. The molecule has 0 saturated carbocycles. The van der Waals surface area contributed by atoms with E-state index in [4.69, 9.17) is 0 Å². The predicted octanol–water partition coefficient (Wildman–Crippen LogP) is 4.85. The van der Waals surface area contributed by atoms with Crippen molar-refractivity contribution in [1.82, 2.24) is 4.98 Å². The molecule has 0 aliphatic heterocycles. The fraction of sp³-hybridized carbons (Fsp3) is 0.125. The fourth-order valence-corrected chi connectivity index (χ4v) is 2.89. The molecule has 3 rings (SSSR count). The van der Waals surface area contributed by atoms with Gasteiger partial charge in [-0.25, -0.2) is 0 Å². The first-order valence-corrected chi connectivity index (χ1v) is 7.08. The minimum absolute atomic E-state index is 0.816. The first-order valence-electron chi connectivity index (χ1n) is 6.29. The van der Waals surface area contributed by atoms with Gasteiger partial charge in [-0.3, -0.25) is 0 Å². The molecule has 2 nitrogen and oxygen atoms in total. The van der Waals surface area contributed by atoms with E-state index in [0.29, 0.717) is 0 Å². The number of hydrogen-bond donors (Lipinski definition) is 2. The number of aromatic nitrogens is 1. The molecule has 0 radical (unpaired) electrons. The van der Waals surface area contributed by atoms with Crippen LogP contribution in [0.15, 0.2) is 53.1 Å². The predicted molar refractivity (Wildman–Crippen MR) is 84.5 cm³/mol. The molecule has 1 heterocycles. The number of halogens is 1. The van der Waals surface area contributed by atoms with Crippen LogP contribution in [0, 0.1) is 6.92 Å². The summed E-state index contributed by atoms with van der Waals surface area (Å²) in [5, 5.41) is 4.75. The van der Waals surface area contributed by atoms with Crippen LogP contribution in [0.5, 0.6) is 0 Å². The van der Waals surface area contributed by atoms with Crippen LogP contribution >= 0.6 is 15.9 Å². The monoisotopic (exact) mass is 314 g/mol. The van der Waals surface area contributed by atoms with Gasteiger partial charge in [0.1, 0.15) is 0 Å². The normalized spacial score (nSPS) is 10.8. The molecule has 0 aliphatic carbocycles. The van der Waals surface area contributed by atoms with Gasteiger partial charge in [-0.15, -0.1) is 0 Å². The van der Waals surface area contributed by atoms with Gasteiger partial charge < -0.3 is 10.3 Å². The summed E-state index contributed by atoms with van der Waals surface area (Å²) in [5.41, 5.74) is 4.86. The van der Waals surface area contributed by atoms with E-state index in [1.807, 2.05) is 6.20 Å². The number of nitrogens with one attached hydrogen (secondary N) is 2. The third-order valence-corrected chi connectivity index (χ3v) is 3.94. The van der Waals surface area contributed by atoms with E-state index in [1.54, 1.807) is 0 Å². The topological polar surface area (TPSA) is 27.8 Å². The zero-order valence-corrected chi connectivity index (χ0v) is 12.3. The van der Waals surface area contributed by atoms with Crippen molar-refractivity contribution in [2.45, 2.75) is 13.5 Å². The second-order valence-electron chi connectivity index (χ2n) is 4.69. The Bertz CT molecular complexity index is 716. The summed E-state index contributed by atoms with van der Waals surface area (Å²) in [5.74, 6) is 0. The van der Waals surface area contributed by atoms with Crippen molar-refractivity contribution >= 4 is 32.5 Å². The number of hydrogen-bond acceptors (Lipinski definition) is 1. The van der Waals surface area contributed by atoms with E-state index >= 15 is 0 Å². The smallest absolute Gasteiger partial charge is 0.0487 e. The molecule has 3 aromatic rings. The molecule has 2 aromatic carbocycles. The SMILES string of the molecule is Cc1ccc(NCc2cccc3[nH]ccc23)c(Br)c1. The maximum absolute atomic E-state index is 3.59. The number of benzene rings is 2. The quantitative estimate of drug-likeness (QED) is 0.710. The Hall–Kier alpha value is -1.74. The van der Waals surface area contributed by atoms with Crippen LogP contribution in [0.3, 0.4) is 0 Å². The lowest BCUT2D eigenvalue weighted by Crippen LogP contribution is -2.00. The average Bonchev–Trinajstić information content (AvgIpc) is 2.86. The summed E-state index contributed by atoms with van der Waals surface area (Å²) in [4.78, 5) is 3.24. The lowest BCUT2D eigenvalue weighted by atomic mass is 10.1. The van der Waals surface area contributed by atoms with Crippen molar-refractivity contribution in [2.75, 3.05) is 5.32 Å². The van der Waals surface area contributed by atoms with E-state index in [1.165, 1.54) is 22.0 Å². The number of rotatable bonds is 3. The van der Waals surface area contributed by atoms with Crippen LogP contribution in [0.1, 0.15) is 11.1 Å². The standard InChI is InChI=1S/C16H15BrN2/c1-11-5-6-16(14(17)9-11)19-10-12-3-2-4-15-13(12)7-8-18-15/h2-9,18-19H,10H2,1H3. The van der Waals surface area contributed by atoms with E-state index in [0.717, 1.165) is 16.7 Å². The summed E-state index contributed by atoms with van der Waals surface area (Å²) < 4.78 is 1.11. The molecule has 0 atom stereocenters. The molecule has 0 fully saturated rings. The van der Waals surface area contributed by atoms with Gasteiger partial charge in [0.2, 0.25) is 0 Å². The largest absolute Gasteiger partial charge is 0.380 e. The molecule has 19 heavy (non-hydrogen) atoms. The molecule has 2 N–H and O–H groups in total. The summed E-state index contributed by atoms with van der Waals surface area (Å²) in [6, 6.07) is 14.8. The van der Waals surface area contributed by atoms with Crippen LogP contribution in [-0.2, 0) is 6.54 Å². The summed E-state index contributed by atoms with van der Waals surface area (Å²) in [6.45, 7) is 2.91. The first-order chi connectivity index (χ1) is 9.24. The third-order valence-electron chi connectivity index (χ3n) is 3.28. The lowest BCUT2D eigenvalue weighted by molar-refractivity contribution is 1.16. The van der Waals surface area contributed by atoms with Crippen LogP contribution < -0.4 is 5.32 Å². The lowest BCUT2D eigenvalue weighted by Gasteiger charge is -2.10. The zero-order chi connectivity index (χ0) is 13.2. The van der Waals surface area contributed by atoms with Crippen molar-refractivity contribution in [3.05, 3.63) is 64.3 Å². The van der Waals surface area contributed by atoms with Gasteiger partial charge in [0.25, 0.3) is 0 Å². The van der Waals surface area contributed by atoms with Crippen LogP contribution in [0.4, 0.5) is 5.69 Å². The fourth-order valence-electron chi connectivity index (χ4n) is 2.26. The van der Waals surface area contributed by atoms with Crippen LogP contribution in [-0.4, -0.2) is 4.98 Å².